The van der Waals surface area contributed by atoms with E-state index in [-0.39, 0.29) is 36.3 Å². The largest absolute Gasteiger partial charge is 0.478 e. The molecule has 0 bridgehead atoms. The molecule has 9 heteroatoms. The average Bonchev–Trinajstić information content (AvgIpc) is 3.31. The van der Waals surface area contributed by atoms with E-state index in [9.17, 15) is 23.5 Å². The maximum Gasteiger partial charge on any atom is 0.332 e. The SMILES string of the molecule is CC(C)c1csc(-c2c(NC(=O)C3=C(C(=O)O)CCCC3)sc3c2CCC(F)(F)C3)n1. The van der Waals surface area contributed by atoms with Crippen LogP contribution in [0, 0.1) is 0 Å². The number of rotatable bonds is 5. The van der Waals surface area contributed by atoms with Crippen molar-refractivity contribution >= 4 is 39.6 Å². The van der Waals surface area contributed by atoms with Crippen molar-refractivity contribution in [3.05, 3.63) is 32.7 Å². The molecule has 0 fully saturated rings. The summed E-state index contributed by atoms with van der Waals surface area (Å²) in [7, 11) is 0. The summed E-state index contributed by atoms with van der Waals surface area (Å²) in [5, 5.41) is 15.5. The second kappa shape index (κ2) is 8.43. The number of thiazole rings is 1. The Morgan fingerprint density at radius 1 is 1.19 bits per heavy atom. The van der Waals surface area contributed by atoms with Crippen LogP contribution in [-0.4, -0.2) is 27.9 Å². The van der Waals surface area contributed by atoms with E-state index in [1.54, 1.807) is 0 Å². The van der Waals surface area contributed by atoms with Gasteiger partial charge in [0, 0.05) is 39.8 Å². The van der Waals surface area contributed by atoms with Crippen molar-refractivity contribution in [3.63, 3.8) is 0 Å². The number of halogens is 2. The van der Waals surface area contributed by atoms with Gasteiger partial charge in [-0.3, -0.25) is 4.79 Å². The van der Waals surface area contributed by atoms with E-state index in [0.717, 1.165) is 35.4 Å². The molecule has 2 aliphatic rings. The molecular formula is C22H24F2N2O3S2. The lowest BCUT2D eigenvalue weighted by molar-refractivity contribution is -0.133. The summed E-state index contributed by atoms with van der Waals surface area (Å²) < 4.78 is 28.1. The third-order valence-electron chi connectivity index (χ3n) is 5.81. The molecule has 4 rings (SSSR count). The molecule has 0 atom stereocenters. The highest BCUT2D eigenvalue weighted by Gasteiger charge is 2.38. The Balaban J connectivity index is 1.75. The highest BCUT2D eigenvalue weighted by molar-refractivity contribution is 7.18. The zero-order chi connectivity index (χ0) is 22.3. The summed E-state index contributed by atoms with van der Waals surface area (Å²) in [5.74, 6) is -4.06. The van der Waals surface area contributed by atoms with Gasteiger partial charge < -0.3 is 10.4 Å². The zero-order valence-corrected chi connectivity index (χ0v) is 19.0. The fraction of sp³-hybridized carbons (Fsp3) is 0.500. The third kappa shape index (κ3) is 4.43. The maximum atomic E-state index is 14.1. The van der Waals surface area contributed by atoms with Gasteiger partial charge in [-0.1, -0.05) is 13.8 Å². The lowest BCUT2D eigenvalue weighted by Crippen LogP contribution is -2.24. The molecule has 0 spiro atoms. The molecule has 0 saturated carbocycles. The van der Waals surface area contributed by atoms with E-state index in [4.69, 9.17) is 4.98 Å². The Kier molecular flexibility index (Phi) is 6.00. The topological polar surface area (TPSA) is 79.3 Å². The summed E-state index contributed by atoms with van der Waals surface area (Å²) in [6, 6.07) is 0. The molecule has 2 aromatic rings. The number of nitrogens with one attached hydrogen (secondary N) is 1. The minimum atomic E-state index is -2.76. The highest BCUT2D eigenvalue weighted by atomic mass is 32.1. The van der Waals surface area contributed by atoms with Crippen LogP contribution in [0.3, 0.4) is 0 Å². The minimum absolute atomic E-state index is 0.148. The summed E-state index contributed by atoms with van der Waals surface area (Å²) in [6.45, 7) is 4.07. The van der Waals surface area contributed by atoms with Gasteiger partial charge in [0.25, 0.3) is 11.8 Å². The molecule has 2 aliphatic carbocycles. The normalized spacial score (nSPS) is 18.2. The number of aromatic nitrogens is 1. The smallest absolute Gasteiger partial charge is 0.332 e. The fourth-order valence-electron chi connectivity index (χ4n) is 4.10. The van der Waals surface area contributed by atoms with Crippen LogP contribution >= 0.6 is 22.7 Å². The number of aliphatic carboxylic acids is 1. The van der Waals surface area contributed by atoms with Crippen LogP contribution in [-0.2, 0) is 22.4 Å². The number of amides is 1. The molecule has 31 heavy (non-hydrogen) atoms. The Morgan fingerprint density at radius 2 is 1.90 bits per heavy atom. The standard InChI is InChI=1S/C22H24F2N2O3S2/c1-11(2)15-10-30-19(25-15)17-14-7-8-22(23,24)9-16(14)31-20(17)26-18(27)12-5-3-4-6-13(12)21(28)29/h10-11H,3-9H2,1-2H3,(H,26,27)(H,28,29). The van der Waals surface area contributed by atoms with Crippen molar-refractivity contribution in [2.75, 3.05) is 5.32 Å². The number of anilines is 1. The van der Waals surface area contributed by atoms with Gasteiger partial charge in [0.2, 0.25) is 0 Å². The number of carboxylic acids is 1. The molecule has 2 heterocycles. The van der Waals surface area contributed by atoms with E-state index in [1.165, 1.54) is 11.3 Å². The van der Waals surface area contributed by atoms with Gasteiger partial charge >= 0.3 is 5.97 Å². The summed E-state index contributed by atoms with van der Waals surface area (Å²) in [4.78, 5) is 29.9. The molecule has 0 saturated heterocycles. The van der Waals surface area contributed by atoms with Crippen molar-refractivity contribution in [2.24, 2.45) is 0 Å². The van der Waals surface area contributed by atoms with Gasteiger partial charge in [-0.15, -0.1) is 22.7 Å². The zero-order valence-electron chi connectivity index (χ0n) is 17.4. The molecule has 0 unspecified atom stereocenters. The number of carbonyl (C=O) groups excluding carboxylic acids is 1. The van der Waals surface area contributed by atoms with Gasteiger partial charge in [0.15, 0.2) is 0 Å². The van der Waals surface area contributed by atoms with Crippen LogP contribution in [0.4, 0.5) is 13.8 Å². The quantitative estimate of drug-likeness (QED) is 0.565. The summed E-state index contributed by atoms with van der Waals surface area (Å²) in [6.07, 6.45) is 1.91. The first-order chi connectivity index (χ1) is 14.7. The van der Waals surface area contributed by atoms with Crippen LogP contribution in [0.2, 0.25) is 0 Å². The lowest BCUT2D eigenvalue weighted by atomic mass is 9.91. The first-order valence-corrected chi connectivity index (χ1v) is 12.1. The summed E-state index contributed by atoms with van der Waals surface area (Å²) >= 11 is 2.60. The highest BCUT2D eigenvalue weighted by Crippen LogP contribution is 2.48. The molecule has 2 N–H and O–H groups in total. The molecule has 2 aromatic heterocycles. The van der Waals surface area contributed by atoms with Crippen molar-refractivity contribution in [1.82, 2.24) is 4.98 Å². The second-order valence-corrected chi connectivity index (χ2v) is 10.4. The Hall–Kier alpha value is -2.13. The van der Waals surface area contributed by atoms with Gasteiger partial charge in [0.1, 0.15) is 10.0 Å². The molecule has 0 aliphatic heterocycles. The van der Waals surface area contributed by atoms with Crippen molar-refractivity contribution < 1.29 is 23.5 Å². The predicted octanol–water partition coefficient (Wildman–Crippen LogP) is 6.01. The molecule has 1 amide bonds. The lowest BCUT2D eigenvalue weighted by Gasteiger charge is -2.21. The van der Waals surface area contributed by atoms with Crippen molar-refractivity contribution in [3.8, 4) is 10.6 Å². The van der Waals surface area contributed by atoms with Crippen molar-refractivity contribution in [2.45, 2.75) is 70.6 Å². The van der Waals surface area contributed by atoms with E-state index < -0.39 is 17.8 Å². The predicted molar refractivity (Wildman–Crippen MR) is 118 cm³/mol. The van der Waals surface area contributed by atoms with Crippen LogP contribution < -0.4 is 5.32 Å². The number of nitrogens with zero attached hydrogens (tertiary/aromatic N) is 1. The van der Waals surface area contributed by atoms with E-state index in [2.05, 4.69) is 5.32 Å². The van der Waals surface area contributed by atoms with Crippen LogP contribution in [0.15, 0.2) is 16.5 Å². The van der Waals surface area contributed by atoms with Crippen LogP contribution in [0.5, 0.6) is 0 Å². The number of thiophene rings is 1. The Morgan fingerprint density at radius 3 is 2.55 bits per heavy atom. The number of fused-ring (bicyclic) bond motifs is 1. The fourth-order valence-corrected chi connectivity index (χ4v) is 6.55. The maximum absolute atomic E-state index is 14.1. The molecule has 5 nitrogen and oxygen atoms in total. The van der Waals surface area contributed by atoms with Gasteiger partial charge in [-0.05, 0) is 43.6 Å². The van der Waals surface area contributed by atoms with Crippen molar-refractivity contribution in [1.29, 1.82) is 0 Å². The minimum Gasteiger partial charge on any atom is -0.478 e. The van der Waals surface area contributed by atoms with E-state index in [0.29, 0.717) is 33.3 Å². The van der Waals surface area contributed by atoms with Crippen LogP contribution in [0.1, 0.15) is 68.0 Å². The number of carboxylic acid groups (broad SMARTS) is 1. The Labute approximate surface area is 187 Å². The van der Waals surface area contributed by atoms with Gasteiger partial charge in [-0.25, -0.2) is 18.6 Å². The monoisotopic (exact) mass is 466 g/mol. The summed E-state index contributed by atoms with van der Waals surface area (Å²) in [5.41, 5.74) is 2.89. The number of carbonyl (C=O) groups is 2. The first-order valence-electron chi connectivity index (χ1n) is 10.4. The van der Waals surface area contributed by atoms with Gasteiger partial charge in [0.05, 0.1) is 5.69 Å². The molecular weight excluding hydrogens is 442 g/mol. The first kappa shape index (κ1) is 22.1. The molecule has 0 radical (unpaired) electrons. The van der Waals surface area contributed by atoms with Gasteiger partial charge in [-0.2, -0.15) is 0 Å². The van der Waals surface area contributed by atoms with E-state index in [1.807, 2.05) is 19.2 Å². The average molecular weight is 467 g/mol. The molecule has 0 aromatic carbocycles. The number of hydrogen-bond acceptors (Lipinski definition) is 5. The number of alkyl halides is 2. The Bertz CT molecular complexity index is 1070. The van der Waals surface area contributed by atoms with E-state index >= 15 is 0 Å². The van der Waals surface area contributed by atoms with Crippen LogP contribution in [0.25, 0.3) is 10.6 Å². The number of hydrogen-bond donors (Lipinski definition) is 2. The third-order valence-corrected chi connectivity index (χ3v) is 7.83. The second-order valence-electron chi connectivity index (χ2n) is 8.40. The molecule has 166 valence electrons.